The Morgan fingerprint density at radius 3 is 2.56 bits per heavy atom. The predicted octanol–water partition coefficient (Wildman–Crippen LogP) is 4.28. The summed E-state index contributed by atoms with van der Waals surface area (Å²) in [6, 6.07) is 14.8. The third kappa shape index (κ3) is 6.63. The number of benzene rings is 2. The van der Waals surface area contributed by atoms with E-state index >= 15 is 0 Å². The van der Waals surface area contributed by atoms with E-state index in [1.165, 1.54) is 16.7 Å². The lowest BCUT2D eigenvalue weighted by Crippen LogP contribution is -2.42. The Morgan fingerprint density at radius 2 is 1.84 bits per heavy atom. The summed E-state index contributed by atoms with van der Waals surface area (Å²) in [5, 5.41) is 6.94. The number of rotatable bonds is 9. The topological polar surface area (TPSA) is 64.1 Å². The highest BCUT2D eigenvalue weighted by Gasteiger charge is 2.27. The van der Waals surface area contributed by atoms with Gasteiger partial charge in [0, 0.05) is 32.7 Å². The third-order valence-corrected chi connectivity index (χ3v) is 5.99. The second-order valence-corrected chi connectivity index (χ2v) is 8.28. The summed E-state index contributed by atoms with van der Waals surface area (Å²) in [7, 11) is 5.14. The van der Waals surface area contributed by atoms with E-state index in [0.717, 1.165) is 62.8 Å². The molecule has 0 aliphatic carbocycles. The van der Waals surface area contributed by atoms with Crippen molar-refractivity contribution < 1.29 is 14.2 Å². The fraction of sp³-hybridized carbons (Fsp3) is 0.500. The minimum absolute atomic E-state index is 0.139. The first-order valence-corrected chi connectivity index (χ1v) is 11.5. The molecule has 2 aromatic rings. The first kappa shape index (κ1) is 23.9. The van der Waals surface area contributed by atoms with Gasteiger partial charge in [0.05, 0.1) is 20.3 Å². The number of nitrogens with one attached hydrogen (secondary N) is 2. The number of nitrogens with zero attached hydrogens (tertiary/aromatic N) is 1. The molecule has 1 saturated heterocycles. The normalized spacial score (nSPS) is 18.8. The average Bonchev–Trinajstić information content (AvgIpc) is 2.84. The molecule has 2 atom stereocenters. The molecule has 0 amide bonds. The summed E-state index contributed by atoms with van der Waals surface area (Å²) >= 11 is 0. The molecule has 1 heterocycles. The second-order valence-electron chi connectivity index (χ2n) is 8.28. The first-order valence-electron chi connectivity index (χ1n) is 11.5. The number of ether oxygens (including phenoxy) is 3. The number of guanidine groups is 1. The van der Waals surface area contributed by atoms with Gasteiger partial charge in [-0.05, 0) is 55.9 Å². The Labute approximate surface area is 192 Å². The molecule has 0 saturated carbocycles. The van der Waals surface area contributed by atoms with Gasteiger partial charge in [-0.25, -0.2) is 0 Å². The summed E-state index contributed by atoms with van der Waals surface area (Å²) in [6.45, 7) is 4.63. The molecule has 1 aliphatic heterocycles. The second kappa shape index (κ2) is 12.3. The van der Waals surface area contributed by atoms with Crippen molar-refractivity contribution in [1.82, 2.24) is 10.6 Å². The van der Waals surface area contributed by atoms with Crippen molar-refractivity contribution in [2.45, 2.75) is 38.7 Å². The molecule has 2 aromatic carbocycles. The fourth-order valence-corrected chi connectivity index (χ4v) is 4.16. The highest BCUT2D eigenvalue weighted by atomic mass is 16.5. The number of hydrogen-bond acceptors (Lipinski definition) is 4. The van der Waals surface area contributed by atoms with Gasteiger partial charge < -0.3 is 24.8 Å². The quantitative estimate of drug-likeness (QED) is 0.347. The summed E-state index contributed by atoms with van der Waals surface area (Å²) in [4.78, 5) is 4.39. The van der Waals surface area contributed by atoms with Crippen molar-refractivity contribution >= 4 is 5.96 Å². The van der Waals surface area contributed by atoms with Crippen LogP contribution in [0.4, 0.5) is 0 Å². The molecular formula is C26H37N3O3. The lowest BCUT2D eigenvalue weighted by atomic mass is 9.89. The van der Waals surface area contributed by atoms with E-state index in [9.17, 15) is 0 Å². The van der Waals surface area contributed by atoms with Gasteiger partial charge in [0.15, 0.2) is 17.5 Å². The first-order chi connectivity index (χ1) is 15.6. The largest absolute Gasteiger partial charge is 0.493 e. The molecule has 0 spiro atoms. The highest BCUT2D eigenvalue weighted by Crippen LogP contribution is 2.33. The number of methoxy groups -OCH3 is 2. The Morgan fingerprint density at radius 1 is 1.06 bits per heavy atom. The fourth-order valence-electron chi connectivity index (χ4n) is 4.16. The van der Waals surface area contributed by atoms with Crippen LogP contribution >= 0.6 is 0 Å². The summed E-state index contributed by atoms with van der Waals surface area (Å²) in [5.74, 6) is 2.80. The smallest absolute Gasteiger partial charge is 0.190 e. The van der Waals surface area contributed by atoms with Gasteiger partial charge in [0.1, 0.15) is 0 Å². The zero-order valence-corrected chi connectivity index (χ0v) is 19.8. The molecule has 2 unspecified atom stereocenters. The van der Waals surface area contributed by atoms with Crippen LogP contribution < -0.4 is 20.1 Å². The molecule has 1 aliphatic rings. The standard InChI is InChI=1S/C26H37N3O3/c1-19-9-12-21(13-10-19)25-22(8-6-16-32-25)18-29-26(27-2)28-15-5-7-20-11-14-23(30-3)24(17-20)31-4/h9-14,17,22,25H,5-8,15-16,18H2,1-4H3,(H2,27,28,29). The Balaban J connectivity index is 1.45. The number of hydrogen-bond donors (Lipinski definition) is 2. The van der Waals surface area contributed by atoms with Crippen molar-refractivity contribution in [3.05, 3.63) is 59.2 Å². The molecule has 3 rings (SSSR count). The van der Waals surface area contributed by atoms with Crippen LogP contribution in [0.3, 0.4) is 0 Å². The zero-order valence-electron chi connectivity index (χ0n) is 19.8. The minimum atomic E-state index is 0.139. The molecule has 174 valence electrons. The van der Waals surface area contributed by atoms with E-state index in [4.69, 9.17) is 14.2 Å². The maximum absolute atomic E-state index is 6.15. The minimum Gasteiger partial charge on any atom is -0.493 e. The average molecular weight is 440 g/mol. The van der Waals surface area contributed by atoms with Crippen LogP contribution in [0, 0.1) is 12.8 Å². The van der Waals surface area contributed by atoms with Crippen LogP contribution in [-0.4, -0.2) is 46.9 Å². The van der Waals surface area contributed by atoms with E-state index in [1.54, 1.807) is 14.2 Å². The van der Waals surface area contributed by atoms with Crippen molar-refractivity contribution in [2.75, 3.05) is 41.0 Å². The molecule has 1 fully saturated rings. The van der Waals surface area contributed by atoms with E-state index in [1.807, 2.05) is 19.2 Å². The Kier molecular flexibility index (Phi) is 9.23. The van der Waals surface area contributed by atoms with Gasteiger partial charge in [-0.1, -0.05) is 35.9 Å². The number of aliphatic imine (C=N–C) groups is 1. The maximum Gasteiger partial charge on any atom is 0.190 e. The van der Waals surface area contributed by atoms with Gasteiger partial charge in [-0.15, -0.1) is 0 Å². The summed E-state index contributed by atoms with van der Waals surface area (Å²) in [6.07, 6.45) is 4.35. The SMILES string of the molecule is CN=C(NCCCc1ccc(OC)c(OC)c1)NCC1CCCOC1c1ccc(C)cc1. The Hall–Kier alpha value is -2.73. The maximum atomic E-state index is 6.15. The van der Waals surface area contributed by atoms with Gasteiger partial charge >= 0.3 is 0 Å². The Bertz CT molecular complexity index is 867. The van der Waals surface area contributed by atoms with E-state index in [0.29, 0.717) is 5.92 Å². The molecule has 32 heavy (non-hydrogen) atoms. The predicted molar refractivity (Wildman–Crippen MR) is 130 cm³/mol. The monoisotopic (exact) mass is 439 g/mol. The van der Waals surface area contributed by atoms with E-state index in [-0.39, 0.29) is 6.10 Å². The van der Waals surface area contributed by atoms with Gasteiger partial charge in [-0.2, -0.15) is 0 Å². The molecule has 0 bridgehead atoms. The lowest BCUT2D eigenvalue weighted by Gasteiger charge is -2.32. The van der Waals surface area contributed by atoms with Crippen LogP contribution in [0.5, 0.6) is 11.5 Å². The van der Waals surface area contributed by atoms with Crippen molar-refractivity contribution in [2.24, 2.45) is 10.9 Å². The van der Waals surface area contributed by atoms with Gasteiger partial charge in [0.25, 0.3) is 0 Å². The van der Waals surface area contributed by atoms with Crippen molar-refractivity contribution in [3.8, 4) is 11.5 Å². The van der Waals surface area contributed by atoms with Crippen LogP contribution in [0.25, 0.3) is 0 Å². The third-order valence-electron chi connectivity index (χ3n) is 5.99. The van der Waals surface area contributed by atoms with E-state index in [2.05, 4.69) is 52.9 Å². The highest BCUT2D eigenvalue weighted by molar-refractivity contribution is 5.79. The lowest BCUT2D eigenvalue weighted by molar-refractivity contribution is -0.0265. The molecule has 2 N–H and O–H groups in total. The molecular weight excluding hydrogens is 402 g/mol. The van der Waals surface area contributed by atoms with Crippen LogP contribution in [0.1, 0.15) is 42.1 Å². The van der Waals surface area contributed by atoms with Crippen LogP contribution in [0.2, 0.25) is 0 Å². The summed E-state index contributed by atoms with van der Waals surface area (Å²) < 4.78 is 16.9. The van der Waals surface area contributed by atoms with E-state index < -0.39 is 0 Å². The molecule has 0 radical (unpaired) electrons. The number of aryl methyl sites for hydroxylation is 2. The molecule has 6 heteroatoms. The van der Waals surface area contributed by atoms with Gasteiger partial charge in [-0.3, -0.25) is 4.99 Å². The van der Waals surface area contributed by atoms with Crippen molar-refractivity contribution in [1.29, 1.82) is 0 Å². The van der Waals surface area contributed by atoms with Crippen LogP contribution in [0.15, 0.2) is 47.5 Å². The zero-order chi connectivity index (χ0) is 22.8. The van der Waals surface area contributed by atoms with Crippen molar-refractivity contribution in [3.63, 3.8) is 0 Å². The molecule has 6 nitrogen and oxygen atoms in total. The van der Waals surface area contributed by atoms with Crippen LogP contribution in [-0.2, 0) is 11.2 Å². The van der Waals surface area contributed by atoms with Gasteiger partial charge in [0.2, 0.25) is 0 Å². The molecule has 0 aromatic heterocycles. The summed E-state index contributed by atoms with van der Waals surface area (Å²) in [5.41, 5.74) is 3.77.